The van der Waals surface area contributed by atoms with Gasteiger partial charge in [-0.1, -0.05) is 55.5 Å². The molecule has 0 bridgehead atoms. The maximum Gasteiger partial charge on any atom is 0.338 e. The summed E-state index contributed by atoms with van der Waals surface area (Å²) in [4.78, 5) is 11.8. The van der Waals surface area contributed by atoms with Gasteiger partial charge in [-0.2, -0.15) is 0 Å². The zero-order valence-electron chi connectivity index (χ0n) is 15.6. The summed E-state index contributed by atoms with van der Waals surface area (Å²) >= 11 is 0. The van der Waals surface area contributed by atoms with E-state index in [0.29, 0.717) is 12.2 Å². The first kappa shape index (κ1) is 17.9. The largest absolute Gasteiger partial charge is 0.462 e. The summed E-state index contributed by atoms with van der Waals surface area (Å²) < 4.78 is 5.05. The molecule has 0 amide bonds. The van der Waals surface area contributed by atoms with Gasteiger partial charge >= 0.3 is 5.97 Å². The van der Waals surface area contributed by atoms with Gasteiger partial charge in [-0.05, 0) is 71.8 Å². The van der Waals surface area contributed by atoms with Crippen LogP contribution in [0.25, 0.3) is 22.3 Å². The van der Waals surface area contributed by atoms with Gasteiger partial charge in [-0.3, -0.25) is 0 Å². The molecular weight excluding hydrogens is 320 g/mol. The summed E-state index contributed by atoms with van der Waals surface area (Å²) in [6.07, 6.45) is 1.05. The van der Waals surface area contributed by atoms with Crippen LogP contribution in [0.5, 0.6) is 0 Å². The van der Waals surface area contributed by atoms with Crippen LogP contribution in [0, 0.1) is 6.92 Å². The van der Waals surface area contributed by atoms with Crippen molar-refractivity contribution in [2.45, 2.75) is 27.2 Å². The Labute approximate surface area is 155 Å². The first-order valence-electron chi connectivity index (χ1n) is 9.10. The molecule has 0 aliphatic heterocycles. The Morgan fingerprint density at radius 2 is 1.42 bits per heavy atom. The Balaban J connectivity index is 1.92. The molecule has 3 aromatic rings. The fourth-order valence-corrected chi connectivity index (χ4v) is 3.05. The van der Waals surface area contributed by atoms with Crippen LogP contribution >= 0.6 is 0 Å². The van der Waals surface area contributed by atoms with Crippen LogP contribution in [0.4, 0.5) is 0 Å². The van der Waals surface area contributed by atoms with Crippen molar-refractivity contribution in [3.05, 3.63) is 83.4 Å². The van der Waals surface area contributed by atoms with Gasteiger partial charge in [0.25, 0.3) is 0 Å². The Morgan fingerprint density at radius 1 is 0.808 bits per heavy atom. The average molecular weight is 344 g/mol. The second kappa shape index (κ2) is 8.01. The van der Waals surface area contributed by atoms with Crippen molar-refractivity contribution in [2.24, 2.45) is 0 Å². The standard InChI is InChI=1S/C24H24O2/c1-4-18-7-10-20(11-8-18)23-16-22(9-6-17(23)3)19-12-14-21(15-13-19)24(25)26-5-2/h6-16H,4-5H2,1-3H3. The Kier molecular flexibility index (Phi) is 5.52. The summed E-state index contributed by atoms with van der Waals surface area (Å²) in [7, 11) is 0. The number of carbonyl (C=O) groups excluding carboxylic acids is 1. The molecule has 0 radical (unpaired) electrons. The molecule has 0 unspecified atom stereocenters. The number of hydrogen-bond donors (Lipinski definition) is 0. The molecule has 0 fully saturated rings. The minimum atomic E-state index is -0.278. The topological polar surface area (TPSA) is 26.3 Å². The third-order valence-electron chi connectivity index (χ3n) is 4.64. The quantitative estimate of drug-likeness (QED) is 0.525. The van der Waals surface area contributed by atoms with Gasteiger partial charge in [0.1, 0.15) is 0 Å². The first-order chi connectivity index (χ1) is 12.6. The molecule has 2 nitrogen and oxygen atoms in total. The fourth-order valence-electron chi connectivity index (χ4n) is 3.05. The highest BCUT2D eigenvalue weighted by Crippen LogP contribution is 2.30. The van der Waals surface area contributed by atoms with E-state index >= 15 is 0 Å². The smallest absolute Gasteiger partial charge is 0.338 e. The number of rotatable bonds is 5. The van der Waals surface area contributed by atoms with Gasteiger partial charge in [0.05, 0.1) is 12.2 Å². The maximum atomic E-state index is 11.8. The van der Waals surface area contributed by atoms with E-state index in [-0.39, 0.29) is 5.97 Å². The van der Waals surface area contributed by atoms with Gasteiger partial charge in [0.15, 0.2) is 0 Å². The maximum absolute atomic E-state index is 11.8. The minimum absolute atomic E-state index is 0.278. The molecule has 3 rings (SSSR count). The summed E-state index contributed by atoms with van der Waals surface area (Å²) in [6, 6.07) is 22.8. The van der Waals surface area contributed by atoms with Crippen molar-refractivity contribution in [3.63, 3.8) is 0 Å². The molecule has 26 heavy (non-hydrogen) atoms. The molecule has 0 saturated carbocycles. The van der Waals surface area contributed by atoms with Gasteiger partial charge < -0.3 is 4.74 Å². The third-order valence-corrected chi connectivity index (χ3v) is 4.64. The van der Waals surface area contributed by atoms with Crippen LogP contribution in [0.1, 0.15) is 35.3 Å². The van der Waals surface area contributed by atoms with Crippen molar-refractivity contribution in [2.75, 3.05) is 6.61 Å². The second-order valence-electron chi connectivity index (χ2n) is 6.38. The molecule has 0 aliphatic rings. The van der Waals surface area contributed by atoms with Crippen molar-refractivity contribution >= 4 is 5.97 Å². The number of hydrogen-bond acceptors (Lipinski definition) is 2. The monoisotopic (exact) mass is 344 g/mol. The Hall–Kier alpha value is -2.87. The zero-order chi connectivity index (χ0) is 18.5. The second-order valence-corrected chi connectivity index (χ2v) is 6.38. The van der Waals surface area contributed by atoms with Crippen molar-refractivity contribution in [1.82, 2.24) is 0 Å². The molecule has 0 aromatic heterocycles. The molecule has 0 spiro atoms. The number of benzene rings is 3. The number of carbonyl (C=O) groups is 1. The normalized spacial score (nSPS) is 10.6. The summed E-state index contributed by atoms with van der Waals surface area (Å²) in [5.41, 5.74) is 7.87. The van der Waals surface area contributed by atoms with Gasteiger partial charge in [0, 0.05) is 0 Å². The number of aryl methyl sites for hydroxylation is 2. The van der Waals surface area contributed by atoms with E-state index in [1.807, 2.05) is 31.2 Å². The summed E-state index contributed by atoms with van der Waals surface area (Å²) in [5.74, 6) is -0.278. The van der Waals surface area contributed by atoms with E-state index < -0.39 is 0 Å². The highest BCUT2D eigenvalue weighted by atomic mass is 16.5. The first-order valence-corrected chi connectivity index (χ1v) is 9.10. The van der Waals surface area contributed by atoms with E-state index in [9.17, 15) is 4.79 Å². The van der Waals surface area contributed by atoms with Gasteiger partial charge in [-0.15, -0.1) is 0 Å². The molecule has 2 heteroatoms. The average Bonchev–Trinajstić information content (AvgIpc) is 2.69. The Morgan fingerprint density at radius 3 is 2.04 bits per heavy atom. The van der Waals surface area contributed by atoms with Crippen LogP contribution in [0.15, 0.2) is 66.7 Å². The van der Waals surface area contributed by atoms with Crippen molar-refractivity contribution < 1.29 is 9.53 Å². The lowest BCUT2D eigenvalue weighted by atomic mass is 9.94. The van der Waals surface area contributed by atoms with E-state index in [1.165, 1.54) is 22.3 Å². The lowest BCUT2D eigenvalue weighted by Gasteiger charge is -2.11. The van der Waals surface area contributed by atoms with Gasteiger partial charge in [0.2, 0.25) is 0 Å². The SMILES string of the molecule is CCOC(=O)c1ccc(-c2ccc(C)c(-c3ccc(CC)cc3)c2)cc1. The molecule has 0 saturated heterocycles. The van der Waals surface area contributed by atoms with Crippen LogP contribution < -0.4 is 0 Å². The predicted octanol–water partition coefficient (Wildman–Crippen LogP) is 6.07. The third kappa shape index (κ3) is 3.85. The van der Waals surface area contributed by atoms with Gasteiger partial charge in [-0.25, -0.2) is 4.79 Å². The van der Waals surface area contributed by atoms with E-state index in [4.69, 9.17) is 4.74 Å². The highest BCUT2D eigenvalue weighted by Gasteiger charge is 2.08. The molecular formula is C24H24O2. The van der Waals surface area contributed by atoms with Crippen LogP contribution in [-0.4, -0.2) is 12.6 Å². The molecule has 132 valence electrons. The fraction of sp³-hybridized carbons (Fsp3) is 0.208. The van der Waals surface area contributed by atoms with Crippen LogP contribution in [0.3, 0.4) is 0 Å². The number of ether oxygens (including phenoxy) is 1. The van der Waals surface area contributed by atoms with Crippen molar-refractivity contribution in [3.8, 4) is 22.3 Å². The van der Waals surface area contributed by atoms with E-state index in [2.05, 4.69) is 56.3 Å². The lowest BCUT2D eigenvalue weighted by Crippen LogP contribution is -2.03. The van der Waals surface area contributed by atoms with Crippen molar-refractivity contribution in [1.29, 1.82) is 0 Å². The molecule has 0 atom stereocenters. The predicted molar refractivity (Wildman–Crippen MR) is 107 cm³/mol. The van der Waals surface area contributed by atoms with Crippen LogP contribution in [0.2, 0.25) is 0 Å². The zero-order valence-corrected chi connectivity index (χ0v) is 15.6. The molecule has 0 N–H and O–H groups in total. The van der Waals surface area contributed by atoms with Crippen LogP contribution in [-0.2, 0) is 11.2 Å². The highest BCUT2D eigenvalue weighted by molar-refractivity contribution is 5.90. The number of esters is 1. The molecule has 3 aromatic carbocycles. The Bertz CT molecular complexity index is 890. The lowest BCUT2D eigenvalue weighted by molar-refractivity contribution is 0.0526. The summed E-state index contributed by atoms with van der Waals surface area (Å²) in [6.45, 7) is 6.50. The summed E-state index contributed by atoms with van der Waals surface area (Å²) in [5, 5.41) is 0. The molecule has 0 heterocycles. The van der Waals surface area contributed by atoms with E-state index in [1.54, 1.807) is 0 Å². The minimum Gasteiger partial charge on any atom is -0.462 e. The molecule has 0 aliphatic carbocycles. The van der Waals surface area contributed by atoms with E-state index in [0.717, 1.165) is 17.5 Å².